The molecular formula is C12H12N2O4. The van der Waals surface area contributed by atoms with Gasteiger partial charge >= 0.3 is 5.97 Å². The lowest BCUT2D eigenvalue weighted by Crippen LogP contribution is -2.17. The first-order valence-electron chi connectivity index (χ1n) is 5.23. The van der Waals surface area contributed by atoms with Crippen LogP contribution in [0.25, 0.3) is 0 Å². The van der Waals surface area contributed by atoms with E-state index >= 15 is 0 Å². The lowest BCUT2D eigenvalue weighted by Gasteiger charge is -2.00. The second-order valence-electron chi connectivity index (χ2n) is 3.39. The second-order valence-corrected chi connectivity index (χ2v) is 3.39. The van der Waals surface area contributed by atoms with Gasteiger partial charge in [0.05, 0.1) is 11.8 Å². The molecule has 1 rings (SSSR count). The first kappa shape index (κ1) is 13.6. The zero-order valence-electron chi connectivity index (χ0n) is 9.50. The largest absolute Gasteiger partial charge is 0.478 e. The molecule has 0 spiro atoms. The van der Waals surface area contributed by atoms with E-state index in [1.165, 1.54) is 12.3 Å². The molecule has 18 heavy (non-hydrogen) atoms. The van der Waals surface area contributed by atoms with Crippen molar-refractivity contribution in [2.45, 2.75) is 12.8 Å². The van der Waals surface area contributed by atoms with Crippen molar-refractivity contribution in [3.8, 4) is 0 Å². The van der Waals surface area contributed by atoms with Crippen LogP contribution in [0.3, 0.4) is 0 Å². The molecule has 6 nitrogen and oxygen atoms in total. The molecule has 0 aliphatic heterocycles. The summed E-state index contributed by atoms with van der Waals surface area (Å²) in [6, 6.07) is 6.29. The first-order chi connectivity index (χ1) is 8.65. The van der Waals surface area contributed by atoms with E-state index in [-0.39, 0.29) is 18.4 Å². The van der Waals surface area contributed by atoms with Gasteiger partial charge in [0.15, 0.2) is 0 Å². The van der Waals surface area contributed by atoms with E-state index in [4.69, 9.17) is 5.11 Å². The third kappa shape index (κ3) is 4.17. The van der Waals surface area contributed by atoms with Crippen LogP contribution in [0.5, 0.6) is 0 Å². The molecule has 1 aromatic carbocycles. The predicted molar refractivity (Wildman–Crippen MR) is 64.4 cm³/mol. The highest BCUT2D eigenvalue weighted by Crippen LogP contribution is 2.05. The number of hydrogen-bond donors (Lipinski definition) is 2. The zero-order chi connectivity index (χ0) is 13.4. The highest BCUT2D eigenvalue weighted by atomic mass is 16.4. The molecule has 0 saturated heterocycles. The average molecular weight is 248 g/mol. The Morgan fingerprint density at radius 2 is 2.06 bits per heavy atom. The van der Waals surface area contributed by atoms with Crippen molar-refractivity contribution in [3.63, 3.8) is 0 Å². The van der Waals surface area contributed by atoms with Gasteiger partial charge in [-0.25, -0.2) is 10.2 Å². The van der Waals surface area contributed by atoms with E-state index in [0.29, 0.717) is 11.8 Å². The summed E-state index contributed by atoms with van der Waals surface area (Å²) in [5.41, 5.74) is 2.70. The molecule has 0 bridgehead atoms. The summed E-state index contributed by atoms with van der Waals surface area (Å²) in [7, 11) is 0. The molecule has 0 saturated carbocycles. The van der Waals surface area contributed by atoms with Gasteiger partial charge in [-0.05, 0) is 6.07 Å². The fourth-order valence-electron chi connectivity index (χ4n) is 1.22. The van der Waals surface area contributed by atoms with Gasteiger partial charge < -0.3 is 9.90 Å². The Morgan fingerprint density at radius 3 is 2.72 bits per heavy atom. The van der Waals surface area contributed by atoms with Crippen LogP contribution in [0.1, 0.15) is 28.8 Å². The number of rotatable bonds is 6. The van der Waals surface area contributed by atoms with E-state index in [2.05, 4.69) is 10.5 Å². The molecule has 0 radical (unpaired) electrons. The maximum Gasteiger partial charge on any atom is 0.336 e. The molecule has 94 valence electrons. The summed E-state index contributed by atoms with van der Waals surface area (Å²) in [5, 5.41) is 12.5. The van der Waals surface area contributed by atoms with Crippen LogP contribution in [-0.2, 0) is 9.59 Å². The highest BCUT2D eigenvalue weighted by Gasteiger charge is 2.06. The fourth-order valence-corrected chi connectivity index (χ4v) is 1.22. The van der Waals surface area contributed by atoms with Gasteiger partial charge in [0.25, 0.3) is 0 Å². The first-order valence-corrected chi connectivity index (χ1v) is 5.23. The number of carbonyl (C=O) groups is 3. The molecule has 0 aromatic heterocycles. The number of carboxylic acid groups (broad SMARTS) is 1. The molecular weight excluding hydrogens is 236 g/mol. The number of benzene rings is 1. The number of nitrogens with zero attached hydrogens (tertiary/aromatic N) is 1. The number of amides is 1. The Hall–Kier alpha value is -2.50. The van der Waals surface area contributed by atoms with Crippen LogP contribution in [0, 0.1) is 0 Å². The molecule has 0 atom stereocenters. The topological polar surface area (TPSA) is 95.8 Å². The van der Waals surface area contributed by atoms with Gasteiger partial charge in [-0.2, -0.15) is 5.10 Å². The predicted octanol–water partition coefficient (Wildman–Crippen LogP) is 0.814. The molecule has 0 unspecified atom stereocenters. The van der Waals surface area contributed by atoms with Gasteiger partial charge in [-0.1, -0.05) is 18.2 Å². The van der Waals surface area contributed by atoms with Crippen molar-refractivity contribution in [1.82, 2.24) is 5.43 Å². The third-order valence-corrected chi connectivity index (χ3v) is 2.07. The van der Waals surface area contributed by atoms with Gasteiger partial charge in [0.1, 0.15) is 6.29 Å². The maximum atomic E-state index is 11.1. The lowest BCUT2D eigenvalue weighted by molar-refractivity contribution is -0.122. The minimum absolute atomic E-state index is 0.0570. The maximum absolute atomic E-state index is 11.1. The van der Waals surface area contributed by atoms with Crippen LogP contribution in [0.2, 0.25) is 0 Å². The number of aldehydes is 1. The SMILES string of the molecule is O=CCCC(=O)N/N=C/c1ccccc1C(=O)O. The van der Waals surface area contributed by atoms with Gasteiger partial charge in [0, 0.05) is 18.4 Å². The summed E-state index contributed by atoms with van der Waals surface area (Å²) in [5.74, 6) is -1.46. The van der Waals surface area contributed by atoms with Crippen LogP contribution in [0.4, 0.5) is 0 Å². The third-order valence-electron chi connectivity index (χ3n) is 2.07. The Kier molecular flexibility index (Phi) is 5.24. The van der Waals surface area contributed by atoms with Crippen molar-refractivity contribution in [2.75, 3.05) is 0 Å². The molecule has 1 amide bonds. The van der Waals surface area contributed by atoms with Gasteiger partial charge in [0.2, 0.25) is 5.91 Å². The standard InChI is InChI=1S/C12H12N2O4/c15-7-3-6-11(16)14-13-8-9-4-1-2-5-10(9)12(17)18/h1-2,4-5,7-8H,3,6H2,(H,14,16)(H,17,18)/b13-8+. The molecule has 0 fully saturated rings. The van der Waals surface area contributed by atoms with Crippen molar-refractivity contribution in [3.05, 3.63) is 35.4 Å². The van der Waals surface area contributed by atoms with E-state index in [1.807, 2.05) is 0 Å². The van der Waals surface area contributed by atoms with Crippen LogP contribution >= 0.6 is 0 Å². The summed E-state index contributed by atoms with van der Waals surface area (Å²) >= 11 is 0. The summed E-state index contributed by atoms with van der Waals surface area (Å²) in [6.07, 6.45) is 2.08. The summed E-state index contributed by atoms with van der Waals surface area (Å²) in [4.78, 5) is 32.0. The number of aromatic carboxylic acids is 1. The molecule has 0 aliphatic carbocycles. The molecule has 6 heteroatoms. The Balaban J connectivity index is 2.64. The summed E-state index contributed by atoms with van der Waals surface area (Å²) in [6.45, 7) is 0. The van der Waals surface area contributed by atoms with Crippen molar-refractivity contribution in [2.24, 2.45) is 5.10 Å². The fraction of sp³-hybridized carbons (Fsp3) is 0.167. The Labute approximate surface area is 103 Å². The number of hydrogen-bond acceptors (Lipinski definition) is 4. The molecule has 0 aliphatic rings. The minimum atomic E-state index is -1.07. The number of hydrazone groups is 1. The number of carbonyl (C=O) groups excluding carboxylic acids is 2. The monoisotopic (exact) mass is 248 g/mol. The lowest BCUT2D eigenvalue weighted by atomic mass is 10.1. The Bertz CT molecular complexity index is 483. The molecule has 0 heterocycles. The highest BCUT2D eigenvalue weighted by molar-refractivity contribution is 5.98. The number of nitrogens with one attached hydrogen (secondary N) is 1. The van der Waals surface area contributed by atoms with E-state index in [1.54, 1.807) is 18.2 Å². The van der Waals surface area contributed by atoms with Crippen LogP contribution in [0.15, 0.2) is 29.4 Å². The minimum Gasteiger partial charge on any atom is -0.478 e. The van der Waals surface area contributed by atoms with Crippen molar-refractivity contribution in [1.29, 1.82) is 0 Å². The zero-order valence-corrected chi connectivity index (χ0v) is 9.50. The quantitative estimate of drug-likeness (QED) is 0.442. The van der Waals surface area contributed by atoms with E-state index < -0.39 is 11.9 Å². The smallest absolute Gasteiger partial charge is 0.336 e. The normalized spacial score (nSPS) is 10.2. The van der Waals surface area contributed by atoms with Crippen molar-refractivity contribution >= 4 is 24.4 Å². The van der Waals surface area contributed by atoms with Crippen molar-refractivity contribution < 1.29 is 19.5 Å². The van der Waals surface area contributed by atoms with Gasteiger partial charge in [-0.3, -0.25) is 4.79 Å². The second kappa shape index (κ2) is 6.95. The van der Waals surface area contributed by atoms with E-state index in [9.17, 15) is 14.4 Å². The summed E-state index contributed by atoms with van der Waals surface area (Å²) < 4.78 is 0. The van der Waals surface area contributed by atoms with Gasteiger partial charge in [-0.15, -0.1) is 0 Å². The molecule has 2 N–H and O–H groups in total. The molecule has 1 aromatic rings. The van der Waals surface area contributed by atoms with Crippen LogP contribution < -0.4 is 5.43 Å². The van der Waals surface area contributed by atoms with Crippen LogP contribution in [-0.4, -0.2) is 29.5 Å². The number of carboxylic acids is 1. The van der Waals surface area contributed by atoms with E-state index in [0.717, 1.165) is 0 Å². The average Bonchev–Trinajstić information content (AvgIpc) is 2.36. The Morgan fingerprint density at radius 1 is 1.33 bits per heavy atom.